The van der Waals surface area contributed by atoms with E-state index < -0.39 is 0 Å². The number of aromatic nitrogens is 2. The van der Waals surface area contributed by atoms with Gasteiger partial charge in [-0.25, -0.2) is 0 Å². The molecule has 1 saturated heterocycles. The zero-order chi connectivity index (χ0) is 14.5. The standard InChI is InChI=1S/C14H24N4O2/c1-11-13(12(2)17(3)16-11)14(19)15-5-4-6-18-7-9-20-10-8-18/h4-10H2,1-3H3,(H,15,19). The summed E-state index contributed by atoms with van der Waals surface area (Å²) in [6, 6.07) is 0. The highest BCUT2D eigenvalue weighted by molar-refractivity contribution is 5.96. The topological polar surface area (TPSA) is 59.4 Å². The van der Waals surface area contributed by atoms with Gasteiger partial charge in [0, 0.05) is 32.4 Å². The molecule has 6 heteroatoms. The molecule has 0 unspecified atom stereocenters. The summed E-state index contributed by atoms with van der Waals surface area (Å²) < 4.78 is 7.06. The number of nitrogens with zero attached hydrogens (tertiary/aromatic N) is 3. The van der Waals surface area contributed by atoms with Gasteiger partial charge < -0.3 is 10.1 Å². The first-order valence-corrected chi connectivity index (χ1v) is 7.18. The van der Waals surface area contributed by atoms with Crippen LogP contribution in [0, 0.1) is 13.8 Å². The van der Waals surface area contributed by atoms with Gasteiger partial charge in [0.05, 0.1) is 24.5 Å². The highest BCUT2D eigenvalue weighted by atomic mass is 16.5. The van der Waals surface area contributed by atoms with Crippen molar-refractivity contribution in [3.05, 3.63) is 17.0 Å². The summed E-state index contributed by atoms with van der Waals surface area (Å²) in [4.78, 5) is 14.5. The highest BCUT2D eigenvalue weighted by Gasteiger charge is 2.16. The van der Waals surface area contributed by atoms with Crippen molar-refractivity contribution in [2.24, 2.45) is 7.05 Å². The summed E-state index contributed by atoms with van der Waals surface area (Å²) in [6.07, 6.45) is 0.962. The minimum Gasteiger partial charge on any atom is -0.379 e. The molecule has 0 saturated carbocycles. The van der Waals surface area contributed by atoms with Gasteiger partial charge in [0.25, 0.3) is 5.91 Å². The molecular formula is C14H24N4O2. The van der Waals surface area contributed by atoms with Gasteiger partial charge in [0.1, 0.15) is 0 Å². The van der Waals surface area contributed by atoms with Crippen molar-refractivity contribution in [1.29, 1.82) is 0 Å². The van der Waals surface area contributed by atoms with Gasteiger partial charge in [-0.3, -0.25) is 14.4 Å². The molecule has 6 nitrogen and oxygen atoms in total. The summed E-state index contributed by atoms with van der Waals surface area (Å²) in [5, 5.41) is 7.25. The molecule has 0 radical (unpaired) electrons. The maximum Gasteiger partial charge on any atom is 0.255 e. The first-order chi connectivity index (χ1) is 9.59. The molecule has 0 aliphatic carbocycles. The quantitative estimate of drug-likeness (QED) is 0.798. The molecule has 1 aliphatic rings. The summed E-state index contributed by atoms with van der Waals surface area (Å²) >= 11 is 0. The first kappa shape index (κ1) is 15.0. The van der Waals surface area contributed by atoms with E-state index >= 15 is 0 Å². The van der Waals surface area contributed by atoms with Gasteiger partial charge in [-0.1, -0.05) is 0 Å². The maximum absolute atomic E-state index is 12.2. The van der Waals surface area contributed by atoms with Crippen LogP contribution in [0.15, 0.2) is 0 Å². The van der Waals surface area contributed by atoms with Gasteiger partial charge in [-0.05, 0) is 26.8 Å². The summed E-state index contributed by atoms with van der Waals surface area (Å²) in [5.41, 5.74) is 2.41. The minimum absolute atomic E-state index is 0.0184. The molecule has 1 aromatic heterocycles. The molecule has 0 bridgehead atoms. The third-order valence-electron chi connectivity index (χ3n) is 3.78. The van der Waals surface area contributed by atoms with Crippen LogP contribution in [-0.4, -0.2) is 60.0 Å². The second-order valence-electron chi connectivity index (χ2n) is 5.23. The summed E-state index contributed by atoms with van der Waals surface area (Å²) in [7, 11) is 1.86. The van der Waals surface area contributed by atoms with Crippen LogP contribution in [0.1, 0.15) is 28.2 Å². The van der Waals surface area contributed by atoms with Crippen LogP contribution in [-0.2, 0) is 11.8 Å². The van der Waals surface area contributed by atoms with E-state index in [9.17, 15) is 4.79 Å². The predicted octanol–water partition coefficient (Wildman–Crippen LogP) is 0.489. The Morgan fingerprint density at radius 1 is 1.35 bits per heavy atom. The Morgan fingerprint density at radius 3 is 2.65 bits per heavy atom. The Bertz CT molecular complexity index is 464. The molecule has 20 heavy (non-hydrogen) atoms. The van der Waals surface area contributed by atoms with Crippen LogP contribution in [0.25, 0.3) is 0 Å². The molecule has 1 N–H and O–H groups in total. The third-order valence-corrected chi connectivity index (χ3v) is 3.78. The summed E-state index contributed by atoms with van der Waals surface area (Å²) in [6.45, 7) is 9.13. The van der Waals surface area contributed by atoms with Crippen LogP contribution < -0.4 is 5.32 Å². The number of amides is 1. The lowest BCUT2D eigenvalue weighted by molar-refractivity contribution is 0.0374. The monoisotopic (exact) mass is 280 g/mol. The van der Waals surface area contributed by atoms with Gasteiger partial charge in [-0.15, -0.1) is 0 Å². The smallest absolute Gasteiger partial charge is 0.255 e. The molecule has 1 fully saturated rings. The molecule has 1 amide bonds. The average molecular weight is 280 g/mol. The van der Waals surface area contributed by atoms with E-state index in [0.717, 1.165) is 50.7 Å². The van der Waals surface area contributed by atoms with Gasteiger partial charge in [0.15, 0.2) is 0 Å². The molecule has 0 spiro atoms. The molecule has 0 atom stereocenters. The van der Waals surface area contributed by atoms with Crippen molar-refractivity contribution in [2.45, 2.75) is 20.3 Å². The van der Waals surface area contributed by atoms with E-state index in [0.29, 0.717) is 12.1 Å². The Labute approximate surface area is 120 Å². The van der Waals surface area contributed by atoms with E-state index in [-0.39, 0.29) is 5.91 Å². The Balaban J connectivity index is 1.74. The van der Waals surface area contributed by atoms with E-state index in [4.69, 9.17) is 4.74 Å². The van der Waals surface area contributed by atoms with Crippen molar-refractivity contribution < 1.29 is 9.53 Å². The fraction of sp³-hybridized carbons (Fsp3) is 0.714. The number of rotatable bonds is 5. The Hall–Kier alpha value is -1.40. The number of hydrogen-bond donors (Lipinski definition) is 1. The lowest BCUT2D eigenvalue weighted by Gasteiger charge is -2.26. The number of hydrogen-bond acceptors (Lipinski definition) is 4. The van der Waals surface area contributed by atoms with E-state index in [1.165, 1.54) is 0 Å². The minimum atomic E-state index is -0.0184. The lowest BCUT2D eigenvalue weighted by atomic mass is 10.2. The predicted molar refractivity (Wildman–Crippen MR) is 76.9 cm³/mol. The molecule has 112 valence electrons. The van der Waals surface area contributed by atoms with Crippen molar-refractivity contribution in [3.8, 4) is 0 Å². The number of morpholine rings is 1. The zero-order valence-corrected chi connectivity index (χ0v) is 12.6. The highest BCUT2D eigenvalue weighted by Crippen LogP contribution is 2.11. The zero-order valence-electron chi connectivity index (χ0n) is 12.6. The van der Waals surface area contributed by atoms with E-state index in [1.807, 2.05) is 20.9 Å². The maximum atomic E-state index is 12.2. The van der Waals surface area contributed by atoms with Gasteiger partial charge in [-0.2, -0.15) is 5.10 Å². The number of ether oxygens (including phenoxy) is 1. The molecule has 2 rings (SSSR count). The van der Waals surface area contributed by atoms with Gasteiger partial charge in [0.2, 0.25) is 0 Å². The van der Waals surface area contributed by atoms with Crippen LogP contribution in [0.3, 0.4) is 0 Å². The molecular weight excluding hydrogens is 256 g/mol. The Morgan fingerprint density at radius 2 is 2.05 bits per heavy atom. The molecule has 0 aromatic carbocycles. The first-order valence-electron chi connectivity index (χ1n) is 7.18. The van der Waals surface area contributed by atoms with Crippen LogP contribution in [0.2, 0.25) is 0 Å². The SMILES string of the molecule is Cc1nn(C)c(C)c1C(=O)NCCCN1CCOCC1. The van der Waals surface area contributed by atoms with E-state index in [2.05, 4.69) is 15.3 Å². The normalized spacial score (nSPS) is 16.4. The van der Waals surface area contributed by atoms with Crippen LogP contribution >= 0.6 is 0 Å². The average Bonchev–Trinajstić information content (AvgIpc) is 2.69. The molecule has 1 aliphatic heterocycles. The lowest BCUT2D eigenvalue weighted by Crippen LogP contribution is -2.38. The van der Waals surface area contributed by atoms with Crippen molar-refractivity contribution in [2.75, 3.05) is 39.4 Å². The fourth-order valence-corrected chi connectivity index (χ4v) is 2.52. The number of aryl methyl sites for hydroxylation is 2. The van der Waals surface area contributed by atoms with Crippen molar-refractivity contribution in [1.82, 2.24) is 20.0 Å². The number of carbonyl (C=O) groups is 1. The summed E-state index contributed by atoms with van der Waals surface area (Å²) in [5.74, 6) is -0.0184. The number of carbonyl (C=O) groups excluding carboxylic acids is 1. The van der Waals surface area contributed by atoms with Gasteiger partial charge >= 0.3 is 0 Å². The van der Waals surface area contributed by atoms with E-state index in [1.54, 1.807) is 4.68 Å². The van der Waals surface area contributed by atoms with Crippen molar-refractivity contribution >= 4 is 5.91 Å². The number of nitrogens with one attached hydrogen (secondary N) is 1. The third kappa shape index (κ3) is 3.58. The molecule has 2 heterocycles. The van der Waals surface area contributed by atoms with Crippen molar-refractivity contribution in [3.63, 3.8) is 0 Å². The largest absolute Gasteiger partial charge is 0.379 e. The second-order valence-corrected chi connectivity index (χ2v) is 5.23. The van der Waals surface area contributed by atoms with Crippen LogP contribution in [0.5, 0.6) is 0 Å². The molecule has 1 aromatic rings. The van der Waals surface area contributed by atoms with Crippen LogP contribution in [0.4, 0.5) is 0 Å². The Kier molecular flexibility index (Phi) is 5.14. The second kappa shape index (κ2) is 6.85. The fourth-order valence-electron chi connectivity index (χ4n) is 2.52.